The summed E-state index contributed by atoms with van der Waals surface area (Å²) >= 11 is 0. The molecule has 1 N–H and O–H groups in total. The smallest absolute Gasteiger partial charge is 0.251 e. The van der Waals surface area contributed by atoms with Crippen LogP contribution in [0.3, 0.4) is 0 Å². The maximum Gasteiger partial charge on any atom is 0.251 e. The maximum absolute atomic E-state index is 12.3. The lowest BCUT2D eigenvalue weighted by Crippen LogP contribution is -2.44. The lowest BCUT2D eigenvalue weighted by molar-refractivity contribution is 0.170. The fourth-order valence-corrected chi connectivity index (χ4v) is 5.54. The van der Waals surface area contributed by atoms with Gasteiger partial charge in [0.1, 0.15) is 13.2 Å². The molecule has 33 heavy (non-hydrogen) atoms. The molecule has 0 spiro atoms. The first-order valence-electron chi connectivity index (χ1n) is 12.1. The van der Waals surface area contributed by atoms with E-state index in [1.165, 1.54) is 10.9 Å². The van der Waals surface area contributed by atoms with Crippen LogP contribution in [0.15, 0.2) is 47.4 Å². The van der Waals surface area contributed by atoms with E-state index < -0.39 is 0 Å². The van der Waals surface area contributed by atoms with E-state index in [2.05, 4.69) is 33.4 Å². The van der Waals surface area contributed by atoms with Crippen LogP contribution in [0, 0.1) is 0 Å². The van der Waals surface area contributed by atoms with E-state index in [1.807, 2.05) is 16.7 Å². The number of para-hydroxylation sites is 1. The molecule has 1 saturated heterocycles. The molecule has 3 aromatic rings. The Morgan fingerprint density at radius 2 is 1.85 bits per heavy atom. The van der Waals surface area contributed by atoms with Crippen LogP contribution in [0.1, 0.15) is 36.4 Å². The minimum atomic E-state index is 0.118. The second-order valence-corrected chi connectivity index (χ2v) is 9.37. The minimum absolute atomic E-state index is 0.118. The average molecular weight is 447 g/mol. The van der Waals surface area contributed by atoms with Gasteiger partial charge < -0.3 is 24.3 Å². The van der Waals surface area contributed by atoms with Crippen molar-refractivity contribution in [1.29, 1.82) is 0 Å². The number of nitrogens with one attached hydrogen (secondary N) is 1. The third kappa shape index (κ3) is 4.11. The van der Waals surface area contributed by atoms with E-state index in [-0.39, 0.29) is 5.56 Å². The zero-order valence-electron chi connectivity index (χ0n) is 18.8. The third-order valence-electron chi connectivity index (χ3n) is 7.31. The van der Waals surface area contributed by atoms with Crippen LogP contribution >= 0.6 is 0 Å². The predicted octanol–water partition coefficient (Wildman–Crippen LogP) is 2.91. The number of nitrogens with zero attached hydrogens (tertiary/aromatic N) is 3. The second-order valence-electron chi connectivity index (χ2n) is 9.37. The summed E-state index contributed by atoms with van der Waals surface area (Å²) in [6.45, 7) is 6.02. The van der Waals surface area contributed by atoms with Crippen LogP contribution in [0.25, 0.3) is 10.9 Å². The van der Waals surface area contributed by atoms with Gasteiger partial charge in [0.25, 0.3) is 5.56 Å². The van der Waals surface area contributed by atoms with Crippen LogP contribution in [0.2, 0.25) is 0 Å². The molecule has 3 aliphatic heterocycles. The summed E-state index contributed by atoms with van der Waals surface area (Å²) in [7, 11) is 0. The van der Waals surface area contributed by atoms with E-state index in [0.29, 0.717) is 25.2 Å². The normalized spacial score (nSPS) is 20.8. The molecule has 0 amide bonds. The lowest BCUT2D eigenvalue weighted by Gasteiger charge is -2.36. The SMILES string of the molecule is O=c1ccc2cccc3c2n1CCC3CN1CCC(NCc2cc3c(cn2)OCCO3)CC1. The van der Waals surface area contributed by atoms with Gasteiger partial charge in [-0.05, 0) is 49.4 Å². The molecule has 1 unspecified atom stereocenters. The fraction of sp³-hybridized carbons (Fsp3) is 0.462. The average Bonchev–Trinajstić information content (AvgIpc) is 2.86. The van der Waals surface area contributed by atoms with E-state index in [9.17, 15) is 4.79 Å². The number of fused-ring (bicyclic) bond motifs is 1. The number of ether oxygens (including phenoxy) is 2. The molecule has 172 valence electrons. The van der Waals surface area contributed by atoms with Gasteiger partial charge in [0.05, 0.1) is 17.4 Å². The number of hydrogen-bond acceptors (Lipinski definition) is 6. The molecular weight excluding hydrogens is 416 g/mol. The van der Waals surface area contributed by atoms with E-state index in [1.54, 1.807) is 12.3 Å². The summed E-state index contributed by atoms with van der Waals surface area (Å²) in [5.41, 5.74) is 3.59. The molecule has 0 saturated carbocycles. The van der Waals surface area contributed by atoms with Crippen LogP contribution in [0.4, 0.5) is 0 Å². The van der Waals surface area contributed by atoms with Gasteiger partial charge in [-0.2, -0.15) is 0 Å². The van der Waals surface area contributed by atoms with Crippen LogP contribution in [-0.4, -0.2) is 53.3 Å². The highest BCUT2D eigenvalue weighted by Gasteiger charge is 2.26. The number of piperidine rings is 1. The van der Waals surface area contributed by atoms with Gasteiger partial charge >= 0.3 is 0 Å². The Labute approximate surface area is 193 Å². The largest absolute Gasteiger partial charge is 0.486 e. The van der Waals surface area contributed by atoms with Crippen LogP contribution in [0.5, 0.6) is 11.5 Å². The summed E-state index contributed by atoms with van der Waals surface area (Å²) in [6, 6.07) is 12.6. The standard InChI is InChI=1S/C26H30N4O3/c31-25-5-4-18-2-1-3-22-19(6-11-30(25)26(18)22)17-29-9-7-20(8-10-29)27-15-21-14-23-24(16-28-21)33-13-12-32-23/h1-5,14,16,19-20,27H,6-13,15,17H2. The molecule has 7 nitrogen and oxygen atoms in total. The van der Waals surface area contributed by atoms with Gasteiger partial charge in [-0.3, -0.25) is 9.78 Å². The molecule has 6 rings (SSSR count). The first-order chi connectivity index (χ1) is 16.2. The number of hydrogen-bond donors (Lipinski definition) is 1. The van der Waals surface area contributed by atoms with Crippen molar-refractivity contribution in [2.75, 3.05) is 32.8 Å². The first kappa shape index (κ1) is 20.7. The number of aromatic nitrogens is 2. The summed E-state index contributed by atoms with van der Waals surface area (Å²) in [6.07, 6.45) is 5.07. The van der Waals surface area contributed by atoms with E-state index in [4.69, 9.17) is 9.47 Å². The van der Waals surface area contributed by atoms with Crippen molar-refractivity contribution in [3.05, 3.63) is 64.2 Å². The molecular formula is C26H30N4O3. The summed E-state index contributed by atoms with van der Waals surface area (Å²) in [5.74, 6) is 2.03. The highest BCUT2D eigenvalue weighted by atomic mass is 16.6. The molecule has 5 heterocycles. The number of benzene rings is 1. The molecule has 2 aromatic heterocycles. The molecule has 3 aliphatic rings. The topological polar surface area (TPSA) is 68.6 Å². The number of rotatable bonds is 5. The highest BCUT2D eigenvalue weighted by Crippen LogP contribution is 2.33. The monoisotopic (exact) mass is 446 g/mol. The summed E-state index contributed by atoms with van der Waals surface area (Å²) in [5, 5.41) is 4.85. The molecule has 0 aliphatic carbocycles. The highest BCUT2D eigenvalue weighted by molar-refractivity contribution is 5.83. The summed E-state index contributed by atoms with van der Waals surface area (Å²) < 4.78 is 13.2. The zero-order chi connectivity index (χ0) is 22.2. The van der Waals surface area contributed by atoms with E-state index >= 15 is 0 Å². The molecule has 0 bridgehead atoms. The quantitative estimate of drug-likeness (QED) is 0.650. The minimum Gasteiger partial charge on any atom is -0.486 e. The summed E-state index contributed by atoms with van der Waals surface area (Å²) in [4.78, 5) is 19.5. The van der Waals surface area contributed by atoms with Crippen molar-refractivity contribution in [1.82, 2.24) is 19.8 Å². The van der Waals surface area contributed by atoms with Gasteiger partial charge in [0, 0.05) is 43.7 Å². The number of pyridine rings is 2. The number of aryl methyl sites for hydroxylation is 1. The third-order valence-corrected chi connectivity index (χ3v) is 7.31. The Hall–Kier alpha value is -2.90. The Kier molecular flexibility index (Phi) is 5.52. The fourth-order valence-electron chi connectivity index (χ4n) is 5.54. The Morgan fingerprint density at radius 1 is 1.00 bits per heavy atom. The van der Waals surface area contributed by atoms with Gasteiger partial charge in [-0.25, -0.2) is 0 Å². The second kappa shape index (κ2) is 8.80. The Bertz CT molecular complexity index is 1220. The van der Waals surface area contributed by atoms with Crippen molar-refractivity contribution in [2.24, 2.45) is 0 Å². The predicted molar refractivity (Wildman–Crippen MR) is 127 cm³/mol. The zero-order valence-corrected chi connectivity index (χ0v) is 18.8. The number of likely N-dealkylation sites (tertiary alicyclic amines) is 1. The maximum atomic E-state index is 12.3. The lowest BCUT2D eigenvalue weighted by atomic mass is 9.89. The van der Waals surface area contributed by atoms with Gasteiger partial charge in [-0.1, -0.05) is 18.2 Å². The van der Waals surface area contributed by atoms with Crippen LogP contribution in [-0.2, 0) is 13.1 Å². The van der Waals surface area contributed by atoms with Crippen molar-refractivity contribution in [2.45, 2.75) is 44.3 Å². The molecule has 7 heteroatoms. The van der Waals surface area contributed by atoms with Crippen molar-refractivity contribution >= 4 is 10.9 Å². The molecule has 0 radical (unpaired) electrons. The first-order valence-corrected chi connectivity index (χ1v) is 12.1. The van der Waals surface area contributed by atoms with Crippen molar-refractivity contribution < 1.29 is 9.47 Å². The van der Waals surface area contributed by atoms with Crippen LogP contribution < -0.4 is 20.3 Å². The van der Waals surface area contributed by atoms with Gasteiger partial charge in [0.15, 0.2) is 11.5 Å². The molecule has 1 fully saturated rings. The van der Waals surface area contributed by atoms with Crippen molar-refractivity contribution in [3.63, 3.8) is 0 Å². The van der Waals surface area contributed by atoms with Gasteiger partial charge in [0.2, 0.25) is 0 Å². The Morgan fingerprint density at radius 3 is 2.73 bits per heavy atom. The molecule has 1 aromatic carbocycles. The van der Waals surface area contributed by atoms with Crippen molar-refractivity contribution in [3.8, 4) is 11.5 Å². The Balaban J connectivity index is 1.05. The molecule has 1 atom stereocenters. The van der Waals surface area contributed by atoms with E-state index in [0.717, 1.165) is 74.7 Å². The van der Waals surface area contributed by atoms with Gasteiger partial charge in [-0.15, -0.1) is 0 Å².